The zero-order valence-electron chi connectivity index (χ0n) is 8.94. The van der Waals surface area contributed by atoms with Crippen LogP contribution in [0.5, 0.6) is 0 Å². The van der Waals surface area contributed by atoms with Crippen LogP contribution in [0.3, 0.4) is 0 Å². The summed E-state index contributed by atoms with van der Waals surface area (Å²) in [5, 5.41) is 13.2. The molecule has 0 spiro atoms. The fraction of sp³-hybridized carbons (Fsp3) is 0.222. The smallest absolute Gasteiger partial charge is 0.235 e. The Bertz CT molecular complexity index is 633. The average molecular weight is 248 g/mol. The van der Waals surface area contributed by atoms with Gasteiger partial charge in [-0.15, -0.1) is 10.2 Å². The first-order chi connectivity index (χ1) is 8.38. The summed E-state index contributed by atoms with van der Waals surface area (Å²) in [6.07, 6.45) is 4.93. The quantitative estimate of drug-likeness (QED) is 0.682. The van der Waals surface area contributed by atoms with Gasteiger partial charge in [0.25, 0.3) is 0 Å². The van der Waals surface area contributed by atoms with E-state index in [1.807, 2.05) is 0 Å². The summed E-state index contributed by atoms with van der Waals surface area (Å²) in [6.45, 7) is 0.380. The fourth-order valence-corrected chi connectivity index (χ4v) is 2.21. The van der Waals surface area contributed by atoms with Gasteiger partial charge >= 0.3 is 0 Å². The van der Waals surface area contributed by atoms with Gasteiger partial charge in [-0.3, -0.25) is 9.97 Å². The molecule has 0 amide bonds. The molecule has 17 heavy (non-hydrogen) atoms. The maximum Gasteiger partial charge on any atom is 0.235 e. The minimum absolute atomic E-state index is 0.380. The third-order valence-electron chi connectivity index (χ3n) is 2.11. The molecule has 0 aliphatic rings. The molecule has 86 valence electrons. The van der Waals surface area contributed by atoms with E-state index in [1.54, 1.807) is 30.2 Å². The Morgan fingerprint density at radius 2 is 2.29 bits per heavy atom. The molecule has 0 bridgehead atoms. The first-order valence-electron chi connectivity index (χ1n) is 4.85. The topological polar surface area (TPSA) is 78.1 Å². The molecule has 3 heterocycles. The highest BCUT2D eigenvalue weighted by atomic mass is 32.1. The van der Waals surface area contributed by atoms with Crippen LogP contribution in [0, 0.1) is 0 Å². The molecule has 3 aromatic rings. The minimum atomic E-state index is 0.380. The van der Waals surface area contributed by atoms with Crippen molar-refractivity contribution < 1.29 is 4.74 Å². The Balaban J connectivity index is 2.08. The van der Waals surface area contributed by atoms with E-state index < -0.39 is 0 Å². The summed E-state index contributed by atoms with van der Waals surface area (Å²) in [5.41, 5.74) is 0.728. The van der Waals surface area contributed by atoms with E-state index in [1.165, 1.54) is 11.3 Å². The van der Waals surface area contributed by atoms with Gasteiger partial charge in [-0.2, -0.15) is 9.61 Å². The molecular formula is C9H8N6OS. The van der Waals surface area contributed by atoms with Gasteiger partial charge in [0, 0.05) is 19.5 Å². The van der Waals surface area contributed by atoms with Crippen LogP contribution >= 0.6 is 11.3 Å². The van der Waals surface area contributed by atoms with Crippen molar-refractivity contribution in [2.75, 3.05) is 7.11 Å². The number of rotatable bonds is 3. The molecule has 0 saturated heterocycles. The molecule has 0 saturated carbocycles. The molecule has 0 unspecified atom stereocenters. The summed E-state index contributed by atoms with van der Waals surface area (Å²) in [4.78, 5) is 8.92. The third kappa shape index (κ3) is 1.77. The first-order valence-corrected chi connectivity index (χ1v) is 5.66. The predicted molar refractivity (Wildman–Crippen MR) is 60.4 cm³/mol. The summed E-state index contributed by atoms with van der Waals surface area (Å²) in [6, 6.07) is 0. The highest BCUT2D eigenvalue weighted by Crippen LogP contribution is 2.22. The van der Waals surface area contributed by atoms with E-state index >= 15 is 0 Å². The number of nitrogens with zero attached hydrogens (tertiary/aromatic N) is 6. The van der Waals surface area contributed by atoms with Crippen LogP contribution in [0.1, 0.15) is 5.82 Å². The summed E-state index contributed by atoms with van der Waals surface area (Å²) in [7, 11) is 1.61. The Morgan fingerprint density at radius 3 is 3.06 bits per heavy atom. The number of aromatic nitrogens is 6. The molecular weight excluding hydrogens is 240 g/mol. The third-order valence-corrected chi connectivity index (χ3v) is 3.03. The highest BCUT2D eigenvalue weighted by Gasteiger charge is 2.13. The van der Waals surface area contributed by atoms with Crippen molar-refractivity contribution in [3.8, 4) is 10.7 Å². The lowest BCUT2D eigenvalue weighted by Gasteiger charge is -1.93. The van der Waals surface area contributed by atoms with E-state index in [0.29, 0.717) is 12.4 Å². The van der Waals surface area contributed by atoms with E-state index in [4.69, 9.17) is 4.74 Å². The predicted octanol–water partition coefficient (Wildman–Crippen LogP) is 0.789. The second-order valence-electron chi connectivity index (χ2n) is 3.24. The van der Waals surface area contributed by atoms with Crippen LogP contribution in [0.2, 0.25) is 0 Å². The monoisotopic (exact) mass is 248 g/mol. The lowest BCUT2D eigenvalue weighted by atomic mass is 10.5. The van der Waals surface area contributed by atoms with Gasteiger partial charge in [-0.1, -0.05) is 11.3 Å². The van der Waals surface area contributed by atoms with Crippen molar-refractivity contribution in [3.63, 3.8) is 0 Å². The van der Waals surface area contributed by atoms with Crippen molar-refractivity contribution in [2.24, 2.45) is 0 Å². The Morgan fingerprint density at radius 1 is 1.35 bits per heavy atom. The van der Waals surface area contributed by atoms with Gasteiger partial charge in [0.05, 0.1) is 6.20 Å². The number of fused-ring (bicyclic) bond motifs is 1. The largest absolute Gasteiger partial charge is 0.377 e. The van der Waals surface area contributed by atoms with E-state index in [-0.39, 0.29) is 0 Å². The number of hydrogen-bond acceptors (Lipinski definition) is 7. The summed E-state index contributed by atoms with van der Waals surface area (Å²) < 4.78 is 6.69. The first kappa shape index (κ1) is 10.2. The molecule has 0 N–H and O–H groups in total. The summed E-state index contributed by atoms with van der Waals surface area (Å²) >= 11 is 1.42. The standard InChI is InChI=1S/C9H8N6OS/c1-16-5-7-12-13-9-15(7)14-8(17-9)6-4-10-2-3-11-6/h2-4H,5H2,1H3. The normalized spacial score (nSPS) is 11.1. The van der Waals surface area contributed by atoms with Crippen molar-refractivity contribution in [3.05, 3.63) is 24.4 Å². The molecule has 0 aromatic carbocycles. The SMILES string of the molecule is COCc1nnc2sc(-c3cnccn3)nn12. The van der Waals surface area contributed by atoms with Gasteiger partial charge in [-0.05, 0) is 0 Å². The zero-order chi connectivity index (χ0) is 11.7. The molecule has 3 aromatic heterocycles. The van der Waals surface area contributed by atoms with E-state index in [0.717, 1.165) is 15.7 Å². The van der Waals surface area contributed by atoms with Crippen molar-refractivity contribution in [1.29, 1.82) is 0 Å². The average Bonchev–Trinajstić information content (AvgIpc) is 2.93. The fourth-order valence-electron chi connectivity index (χ4n) is 1.39. The second-order valence-corrected chi connectivity index (χ2v) is 4.20. The van der Waals surface area contributed by atoms with Crippen molar-refractivity contribution in [2.45, 2.75) is 6.61 Å². The molecule has 8 heteroatoms. The van der Waals surface area contributed by atoms with Gasteiger partial charge in [0.15, 0.2) is 10.8 Å². The lowest BCUT2D eigenvalue weighted by molar-refractivity contribution is 0.176. The Labute approximate surface area is 100 Å². The molecule has 3 rings (SSSR count). The van der Waals surface area contributed by atoms with Gasteiger partial charge in [0.1, 0.15) is 12.3 Å². The van der Waals surface area contributed by atoms with Gasteiger partial charge in [-0.25, -0.2) is 0 Å². The molecule has 0 radical (unpaired) electrons. The zero-order valence-corrected chi connectivity index (χ0v) is 9.76. The van der Waals surface area contributed by atoms with Crippen LogP contribution in [-0.4, -0.2) is 36.9 Å². The van der Waals surface area contributed by atoms with Crippen LogP contribution in [0.4, 0.5) is 0 Å². The number of methoxy groups -OCH3 is 1. The second kappa shape index (κ2) is 4.15. The van der Waals surface area contributed by atoms with E-state index in [9.17, 15) is 0 Å². The van der Waals surface area contributed by atoms with Crippen LogP contribution in [0.25, 0.3) is 15.7 Å². The molecule has 0 aliphatic heterocycles. The molecule has 7 nitrogen and oxygen atoms in total. The van der Waals surface area contributed by atoms with E-state index in [2.05, 4.69) is 25.3 Å². The highest BCUT2D eigenvalue weighted by molar-refractivity contribution is 7.19. The Hall–Kier alpha value is -1.93. The van der Waals surface area contributed by atoms with Crippen LogP contribution in [0.15, 0.2) is 18.6 Å². The molecule has 0 aliphatic carbocycles. The molecule has 0 fully saturated rings. The lowest BCUT2D eigenvalue weighted by Crippen LogP contribution is -1.97. The van der Waals surface area contributed by atoms with Crippen molar-refractivity contribution >= 4 is 16.3 Å². The minimum Gasteiger partial charge on any atom is -0.377 e. The maximum atomic E-state index is 5.02. The van der Waals surface area contributed by atoms with Crippen molar-refractivity contribution in [1.82, 2.24) is 29.8 Å². The summed E-state index contributed by atoms with van der Waals surface area (Å²) in [5.74, 6) is 0.675. The maximum absolute atomic E-state index is 5.02. The number of ether oxygens (including phenoxy) is 1. The Kier molecular flexibility index (Phi) is 2.50. The van der Waals surface area contributed by atoms with Gasteiger partial charge < -0.3 is 4.74 Å². The van der Waals surface area contributed by atoms with Crippen LogP contribution in [-0.2, 0) is 11.3 Å². The van der Waals surface area contributed by atoms with Gasteiger partial charge in [0.2, 0.25) is 4.96 Å². The number of hydrogen-bond donors (Lipinski definition) is 0. The van der Waals surface area contributed by atoms with Crippen LogP contribution < -0.4 is 0 Å². The molecule has 0 atom stereocenters.